The predicted octanol–water partition coefficient (Wildman–Crippen LogP) is 3.97. The molecule has 4 rings (SSSR count). The van der Waals surface area contributed by atoms with Crippen LogP contribution in [-0.4, -0.2) is 33.9 Å². The van der Waals surface area contributed by atoms with Crippen molar-refractivity contribution >= 4 is 21.4 Å². The molecule has 0 atom stereocenters. The maximum absolute atomic E-state index is 13.0. The molecule has 1 aliphatic carbocycles. The highest BCUT2D eigenvalue weighted by Gasteiger charge is 2.15. The van der Waals surface area contributed by atoms with Crippen molar-refractivity contribution in [3.63, 3.8) is 0 Å². The summed E-state index contributed by atoms with van der Waals surface area (Å²) in [7, 11) is 0. The zero-order chi connectivity index (χ0) is 16.4. The van der Waals surface area contributed by atoms with Crippen LogP contribution >= 0.6 is 11.3 Å². The number of rotatable bonds is 6. The molecule has 0 radical (unpaired) electrons. The molecule has 7 heteroatoms. The van der Waals surface area contributed by atoms with E-state index < -0.39 is 0 Å². The van der Waals surface area contributed by atoms with Crippen LogP contribution in [0.5, 0.6) is 0 Å². The number of aromatic nitrogens is 3. The lowest BCUT2D eigenvalue weighted by Gasteiger charge is -2.10. The Bertz CT molecular complexity index is 776. The van der Waals surface area contributed by atoms with Gasteiger partial charge in [0.25, 0.3) is 0 Å². The SMILES string of the molecule is Fc1ccc(-c2cn3nc(NCCOC4CCCC4)sc3n2)cc1. The van der Waals surface area contributed by atoms with Gasteiger partial charge in [0, 0.05) is 12.1 Å². The summed E-state index contributed by atoms with van der Waals surface area (Å²) < 4.78 is 20.6. The zero-order valence-electron chi connectivity index (χ0n) is 13.2. The first-order valence-electron chi connectivity index (χ1n) is 8.25. The molecule has 0 bridgehead atoms. The van der Waals surface area contributed by atoms with Crippen LogP contribution in [0.3, 0.4) is 0 Å². The Morgan fingerprint density at radius 2 is 2.04 bits per heavy atom. The number of nitrogens with zero attached hydrogens (tertiary/aromatic N) is 3. The third kappa shape index (κ3) is 3.42. The summed E-state index contributed by atoms with van der Waals surface area (Å²) in [6.45, 7) is 1.45. The van der Waals surface area contributed by atoms with Crippen molar-refractivity contribution in [2.24, 2.45) is 0 Å². The summed E-state index contributed by atoms with van der Waals surface area (Å²) in [5.74, 6) is -0.246. The highest BCUT2D eigenvalue weighted by Crippen LogP contribution is 2.25. The van der Waals surface area contributed by atoms with Gasteiger partial charge in [0.1, 0.15) is 5.82 Å². The van der Waals surface area contributed by atoms with Crippen LogP contribution in [0, 0.1) is 5.82 Å². The van der Waals surface area contributed by atoms with E-state index in [1.54, 1.807) is 16.6 Å². The Labute approximate surface area is 143 Å². The van der Waals surface area contributed by atoms with E-state index in [2.05, 4.69) is 15.4 Å². The fourth-order valence-electron chi connectivity index (χ4n) is 2.97. The van der Waals surface area contributed by atoms with Gasteiger partial charge in [0.05, 0.1) is 24.6 Å². The van der Waals surface area contributed by atoms with Gasteiger partial charge in [-0.1, -0.05) is 24.2 Å². The summed E-state index contributed by atoms with van der Waals surface area (Å²) >= 11 is 1.50. The van der Waals surface area contributed by atoms with Crippen LogP contribution in [0.25, 0.3) is 16.2 Å². The van der Waals surface area contributed by atoms with Crippen molar-refractivity contribution in [3.8, 4) is 11.3 Å². The van der Waals surface area contributed by atoms with Crippen molar-refractivity contribution < 1.29 is 9.13 Å². The van der Waals surface area contributed by atoms with Crippen molar-refractivity contribution in [2.45, 2.75) is 31.8 Å². The first-order valence-corrected chi connectivity index (χ1v) is 9.07. The molecule has 0 aliphatic heterocycles. The highest BCUT2D eigenvalue weighted by molar-refractivity contribution is 7.20. The quantitative estimate of drug-likeness (QED) is 0.686. The van der Waals surface area contributed by atoms with Crippen molar-refractivity contribution in [1.29, 1.82) is 0 Å². The monoisotopic (exact) mass is 346 g/mol. The fraction of sp³-hybridized carbons (Fsp3) is 0.412. The van der Waals surface area contributed by atoms with Gasteiger partial charge in [-0.3, -0.25) is 0 Å². The van der Waals surface area contributed by atoms with E-state index in [4.69, 9.17) is 4.74 Å². The lowest BCUT2D eigenvalue weighted by molar-refractivity contribution is 0.0659. The normalized spacial score (nSPS) is 15.4. The molecule has 1 aromatic carbocycles. The lowest BCUT2D eigenvalue weighted by atomic mass is 10.2. The summed E-state index contributed by atoms with van der Waals surface area (Å²) in [6, 6.07) is 6.32. The number of ether oxygens (including phenoxy) is 1. The number of fused-ring (bicyclic) bond motifs is 1. The number of hydrogen-bond acceptors (Lipinski definition) is 5. The Morgan fingerprint density at radius 1 is 1.25 bits per heavy atom. The molecule has 126 valence electrons. The molecule has 0 saturated heterocycles. The van der Waals surface area contributed by atoms with E-state index in [1.165, 1.54) is 49.2 Å². The minimum Gasteiger partial charge on any atom is -0.376 e. The van der Waals surface area contributed by atoms with E-state index in [0.29, 0.717) is 12.7 Å². The molecule has 2 heterocycles. The van der Waals surface area contributed by atoms with Crippen LogP contribution in [0.1, 0.15) is 25.7 Å². The number of anilines is 1. The van der Waals surface area contributed by atoms with E-state index in [9.17, 15) is 4.39 Å². The average molecular weight is 346 g/mol. The van der Waals surface area contributed by atoms with Gasteiger partial charge < -0.3 is 10.1 Å². The topological polar surface area (TPSA) is 51.5 Å². The summed E-state index contributed by atoms with van der Waals surface area (Å²) in [4.78, 5) is 5.36. The second-order valence-corrected chi connectivity index (χ2v) is 6.93. The highest BCUT2D eigenvalue weighted by atomic mass is 32.1. The smallest absolute Gasteiger partial charge is 0.214 e. The summed E-state index contributed by atoms with van der Waals surface area (Å²) in [5, 5.41) is 8.59. The molecule has 1 saturated carbocycles. The Morgan fingerprint density at radius 3 is 2.79 bits per heavy atom. The number of halogens is 1. The second-order valence-electron chi connectivity index (χ2n) is 5.97. The Balaban J connectivity index is 1.35. The first kappa shape index (κ1) is 15.5. The van der Waals surface area contributed by atoms with Crippen molar-refractivity contribution in [2.75, 3.05) is 18.5 Å². The zero-order valence-corrected chi connectivity index (χ0v) is 14.1. The molecule has 2 aromatic heterocycles. The molecule has 1 N–H and O–H groups in total. The van der Waals surface area contributed by atoms with Crippen LogP contribution < -0.4 is 5.32 Å². The summed E-state index contributed by atoms with van der Waals surface area (Å²) in [5.41, 5.74) is 1.68. The molecule has 0 amide bonds. The van der Waals surface area contributed by atoms with E-state index in [-0.39, 0.29) is 5.82 Å². The van der Waals surface area contributed by atoms with Gasteiger partial charge in [0.15, 0.2) is 0 Å². The Hall–Kier alpha value is -1.99. The maximum Gasteiger partial charge on any atom is 0.214 e. The molecule has 0 unspecified atom stereocenters. The first-order chi connectivity index (χ1) is 11.8. The molecule has 1 aliphatic rings. The average Bonchev–Trinajstić information content (AvgIpc) is 3.28. The molecule has 24 heavy (non-hydrogen) atoms. The molecular weight excluding hydrogens is 327 g/mol. The third-order valence-corrected chi connectivity index (χ3v) is 5.10. The Kier molecular flexibility index (Phi) is 4.44. The number of imidazole rings is 1. The van der Waals surface area contributed by atoms with Gasteiger partial charge in [-0.25, -0.2) is 13.9 Å². The maximum atomic E-state index is 13.0. The van der Waals surface area contributed by atoms with Gasteiger partial charge >= 0.3 is 0 Å². The second kappa shape index (κ2) is 6.86. The van der Waals surface area contributed by atoms with E-state index in [0.717, 1.165) is 27.9 Å². The predicted molar refractivity (Wildman–Crippen MR) is 93.0 cm³/mol. The summed E-state index contributed by atoms with van der Waals surface area (Å²) in [6.07, 6.45) is 7.27. The number of nitrogens with one attached hydrogen (secondary N) is 1. The van der Waals surface area contributed by atoms with Gasteiger partial charge in [-0.2, -0.15) is 0 Å². The van der Waals surface area contributed by atoms with Crippen molar-refractivity contribution in [3.05, 3.63) is 36.3 Å². The van der Waals surface area contributed by atoms with Gasteiger partial charge in [-0.05, 0) is 37.1 Å². The van der Waals surface area contributed by atoms with Crippen LogP contribution in [0.4, 0.5) is 9.52 Å². The third-order valence-electron chi connectivity index (χ3n) is 4.22. The molecule has 5 nitrogen and oxygen atoms in total. The molecule has 0 spiro atoms. The van der Waals surface area contributed by atoms with Crippen LogP contribution in [-0.2, 0) is 4.74 Å². The fourth-order valence-corrected chi connectivity index (χ4v) is 3.78. The van der Waals surface area contributed by atoms with Crippen LogP contribution in [0.2, 0.25) is 0 Å². The standard InChI is InChI=1S/C17H19FN4OS/c18-13-7-5-12(6-8-13)15-11-22-17(20-15)24-16(21-22)19-9-10-23-14-3-1-2-4-14/h5-8,11,14H,1-4,9-10H2,(H,19,21). The van der Waals surface area contributed by atoms with E-state index in [1.807, 2.05) is 6.20 Å². The minimum absolute atomic E-state index is 0.246. The van der Waals surface area contributed by atoms with Crippen molar-refractivity contribution in [1.82, 2.24) is 14.6 Å². The van der Waals surface area contributed by atoms with E-state index >= 15 is 0 Å². The van der Waals surface area contributed by atoms with Gasteiger partial charge in [0.2, 0.25) is 10.1 Å². The minimum atomic E-state index is -0.246. The molecule has 1 fully saturated rings. The largest absolute Gasteiger partial charge is 0.376 e. The molecular formula is C17H19FN4OS. The lowest BCUT2D eigenvalue weighted by Crippen LogP contribution is -2.15. The number of hydrogen-bond donors (Lipinski definition) is 1. The number of benzene rings is 1. The van der Waals surface area contributed by atoms with Crippen LogP contribution in [0.15, 0.2) is 30.5 Å². The molecule has 3 aromatic rings. The van der Waals surface area contributed by atoms with Gasteiger partial charge in [-0.15, -0.1) is 5.10 Å².